The van der Waals surface area contributed by atoms with Crippen LogP contribution in [0.5, 0.6) is 17.2 Å². The van der Waals surface area contributed by atoms with E-state index >= 15 is 0 Å². The molecule has 0 bridgehead atoms. The first kappa shape index (κ1) is 22.5. The summed E-state index contributed by atoms with van der Waals surface area (Å²) in [6.07, 6.45) is 1.77. The standard InChI is InChI=1S/C25H24BrClN2O3/c1-3-32-23-6-4-5-18(24(23)30)21-14-20(15-7-10-17(27)11-8-15)28-25(29-21)19-13-16(26)9-12-22(19)31-2/h4-14,21,25,28-30H,3H2,1-2H3. The van der Waals surface area contributed by atoms with Crippen LogP contribution in [0, 0.1) is 0 Å². The Balaban J connectivity index is 1.80. The monoisotopic (exact) mass is 514 g/mol. The fourth-order valence-electron chi connectivity index (χ4n) is 3.79. The van der Waals surface area contributed by atoms with E-state index < -0.39 is 0 Å². The van der Waals surface area contributed by atoms with Crippen molar-refractivity contribution >= 4 is 33.2 Å². The minimum atomic E-state index is -0.281. The molecule has 1 aliphatic heterocycles. The Labute approximate surface area is 201 Å². The zero-order valence-electron chi connectivity index (χ0n) is 17.7. The summed E-state index contributed by atoms with van der Waals surface area (Å²) in [7, 11) is 1.65. The van der Waals surface area contributed by atoms with Crippen LogP contribution in [0.2, 0.25) is 5.02 Å². The van der Waals surface area contributed by atoms with Gasteiger partial charge in [-0.25, -0.2) is 0 Å². The molecule has 0 saturated heterocycles. The van der Waals surface area contributed by atoms with Gasteiger partial charge in [-0.2, -0.15) is 0 Å². The molecule has 7 heteroatoms. The number of ether oxygens (including phenoxy) is 2. The van der Waals surface area contributed by atoms with Gasteiger partial charge in [0.25, 0.3) is 0 Å². The first-order valence-electron chi connectivity index (χ1n) is 10.3. The van der Waals surface area contributed by atoms with Gasteiger partial charge in [-0.15, -0.1) is 0 Å². The fourth-order valence-corrected chi connectivity index (χ4v) is 4.29. The van der Waals surface area contributed by atoms with Crippen LogP contribution >= 0.6 is 27.5 Å². The zero-order chi connectivity index (χ0) is 22.7. The van der Waals surface area contributed by atoms with Crippen molar-refractivity contribution in [2.45, 2.75) is 19.1 Å². The third-order valence-electron chi connectivity index (χ3n) is 5.30. The van der Waals surface area contributed by atoms with Crippen molar-refractivity contribution in [1.29, 1.82) is 0 Å². The zero-order valence-corrected chi connectivity index (χ0v) is 20.1. The van der Waals surface area contributed by atoms with E-state index in [2.05, 4.69) is 32.6 Å². The number of phenols is 1. The van der Waals surface area contributed by atoms with Crippen LogP contribution in [0.25, 0.3) is 5.70 Å². The molecule has 0 aromatic heterocycles. The molecule has 2 atom stereocenters. The third kappa shape index (κ3) is 4.72. The van der Waals surface area contributed by atoms with E-state index in [4.69, 9.17) is 21.1 Å². The van der Waals surface area contributed by atoms with Gasteiger partial charge in [0.05, 0.1) is 19.8 Å². The van der Waals surface area contributed by atoms with Crippen molar-refractivity contribution in [2.24, 2.45) is 0 Å². The van der Waals surface area contributed by atoms with E-state index in [9.17, 15) is 5.11 Å². The quantitative estimate of drug-likeness (QED) is 0.365. The Hall–Kier alpha value is -2.67. The summed E-state index contributed by atoms with van der Waals surface area (Å²) in [5.41, 5.74) is 3.56. The van der Waals surface area contributed by atoms with E-state index in [1.807, 2.05) is 61.5 Å². The largest absolute Gasteiger partial charge is 0.504 e. The van der Waals surface area contributed by atoms with Gasteiger partial charge in [-0.1, -0.05) is 51.8 Å². The molecule has 3 N–H and O–H groups in total. The number of hydrogen-bond donors (Lipinski definition) is 3. The van der Waals surface area contributed by atoms with Crippen LogP contribution in [0.15, 0.2) is 71.2 Å². The summed E-state index contributed by atoms with van der Waals surface area (Å²) in [4.78, 5) is 0. The fraction of sp³-hybridized carbons (Fsp3) is 0.200. The van der Waals surface area contributed by atoms with Gasteiger partial charge in [0.15, 0.2) is 11.5 Å². The molecular weight excluding hydrogens is 492 g/mol. The second-order valence-electron chi connectivity index (χ2n) is 7.32. The predicted octanol–water partition coefficient (Wildman–Crippen LogP) is 6.19. The van der Waals surface area contributed by atoms with Gasteiger partial charge in [0.1, 0.15) is 11.9 Å². The first-order chi connectivity index (χ1) is 15.5. The number of methoxy groups -OCH3 is 1. The number of aromatic hydroxyl groups is 1. The molecule has 1 aliphatic rings. The van der Waals surface area contributed by atoms with Crippen molar-refractivity contribution in [3.8, 4) is 17.2 Å². The van der Waals surface area contributed by atoms with Gasteiger partial charge in [-0.3, -0.25) is 5.32 Å². The average molecular weight is 516 g/mol. The number of hydrogen-bond acceptors (Lipinski definition) is 5. The van der Waals surface area contributed by atoms with Gasteiger partial charge in [0, 0.05) is 26.3 Å². The smallest absolute Gasteiger partial charge is 0.162 e. The highest BCUT2D eigenvalue weighted by molar-refractivity contribution is 9.10. The Bertz CT molecular complexity index is 1130. The molecule has 0 saturated carbocycles. The van der Waals surface area contributed by atoms with Crippen LogP contribution in [0.4, 0.5) is 0 Å². The molecule has 0 aliphatic carbocycles. The van der Waals surface area contributed by atoms with Gasteiger partial charge in [0.2, 0.25) is 0 Å². The molecule has 5 nitrogen and oxygen atoms in total. The Morgan fingerprint density at radius 2 is 1.81 bits per heavy atom. The summed E-state index contributed by atoms with van der Waals surface area (Å²) < 4.78 is 12.2. The molecule has 0 fully saturated rings. The lowest BCUT2D eigenvalue weighted by atomic mass is 9.97. The van der Waals surface area contributed by atoms with E-state index in [0.717, 1.165) is 32.6 Å². The summed E-state index contributed by atoms with van der Waals surface area (Å²) in [5.74, 6) is 1.34. The maximum absolute atomic E-state index is 10.9. The first-order valence-corrected chi connectivity index (χ1v) is 11.5. The van der Waals surface area contributed by atoms with Crippen molar-refractivity contribution in [3.05, 3.63) is 92.9 Å². The third-order valence-corrected chi connectivity index (χ3v) is 6.05. The maximum atomic E-state index is 10.9. The van der Waals surface area contributed by atoms with Crippen LogP contribution in [0.3, 0.4) is 0 Å². The number of phenolic OH excluding ortho intramolecular Hbond substituents is 1. The minimum Gasteiger partial charge on any atom is -0.504 e. The van der Waals surface area contributed by atoms with Crippen molar-refractivity contribution in [2.75, 3.05) is 13.7 Å². The summed E-state index contributed by atoms with van der Waals surface area (Å²) >= 11 is 9.67. The molecule has 166 valence electrons. The molecule has 1 heterocycles. The van der Waals surface area contributed by atoms with Crippen LogP contribution < -0.4 is 20.1 Å². The van der Waals surface area contributed by atoms with Crippen LogP contribution in [-0.2, 0) is 0 Å². The second kappa shape index (κ2) is 9.86. The maximum Gasteiger partial charge on any atom is 0.162 e. The van der Waals surface area contributed by atoms with Crippen molar-refractivity contribution < 1.29 is 14.6 Å². The molecule has 32 heavy (non-hydrogen) atoms. The van der Waals surface area contributed by atoms with Crippen molar-refractivity contribution in [1.82, 2.24) is 10.6 Å². The lowest BCUT2D eigenvalue weighted by molar-refractivity contribution is 0.314. The summed E-state index contributed by atoms with van der Waals surface area (Å²) in [6.45, 7) is 2.36. The molecule has 3 aromatic rings. The molecule has 0 radical (unpaired) electrons. The molecule has 2 unspecified atom stereocenters. The average Bonchev–Trinajstić information content (AvgIpc) is 2.80. The predicted molar refractivity (Wildman–Crippen MR) is 131 cm³/mol. The molecule has 3 aromatic carbocycles. The number of halogens is 2. The molecule has 0 amide bonds. The Morgan fingerprint density at radius 3 is 2.53 bits per heavy atom. The van der Waals surface area contributed by atoms with Gasteiger partial charge < -0.3 is 19.9 Å². The van der Waals surface area contributed by atoms with Gasteiger partial charge in [-0.05, 0) is 55.0 Å². The van der Waals surface area contributed by atoms with E-state index in [-0.39, 0.29) is 18.0 Å². The SMILES string of the molecule is CCOc1cccc(C2C=C(c3ccc(Cl)cc3)NC(c3cc(Br)ccc3OC)N2)c1O. The number of rotatable bonds is 6. The van der Waals surface area contributed by atoms with E-state index in [1.165, 1.54) is 0 Å². The summed E-state index contributed by atoms with van der Waals surface area (Å²) in [5, 5.41) is 18.7. The van der Waals surface area contributed by atoms with Gasteiger partial charge >= 0.3 is 0 Å². The number of nitrogens with one attached hydrogen (secondary N) is 2. The van der Waals surface area contributed by atoms with Crippen molar-refractivity contribution in [3.63, 3.8) is 0 Å². The molecule has 4 rings (SSSR count). The normalized spacial score (nSPS) is 17.9. The lowest BCUT2D eigenvalue weighted by Crippen LogP contribution is -2.39. The Kier molecular flexibility index (Phi) is 6.94. The minimum absolute atomic E-state index is 0.125. The topological polar surface area (TPSA) is 62.8 Å². The van der Waals surface area contributed by atoms with Crippen LogP contribution in [-0.4, -0.2) is 18.8 Å². The highest BCUT2D eigenvalue weighted by Crippen LogP contribution is 2.39. The highest BCUT2D eigenvalue weighted by Gasteiger charge is 2.28. The Morgan fingerprint density at radius 1 is 1.03 bits per heavy atom. The molecular formula is C25H24BrClN2O3. The number of benzene rings is 3. The second-order valence-corrected chi connectivity index (χ2v) is 8.67. The van der Waals surface area contributed by atoms with E-state index in [1.54, 1.807) is 13.2 Å². The van der Waals surface area contributed by atoms with Crippen LogP contribution in [0.1, 0.15) is 35.8 Å². The lowest BCUT2D eigenvalue weighted by Gasteiger charge is -2.34. The number of para-hydroxylation sites is 1. The molecule has 0 spiro atoms. The highest BCUT2D eigenvalue weighted by atomic mass is 79.9. The summed E-state index contributed by atoms with van der Waals surface area (Å²) in [6, 6.07) is 18.8. The van der Waals surface area contributed by atoms with E-state index in [0.29, 0.717) is 17.4 Å².